The van der Waals surface area contributed by atoms with Crippen molar-refractivity contribution in [3.8, 4) is 5.75 Å². The van der Waals surface area contributed by atoms with E-state index in [2.05, 4.69) is 79.7 Å². The summed E-state index contributed by atoms with van der Waals surface area (Å²) in [5.74, 6) is 0.837. The van der Waals surface area contributed by atoms with E-state index >= 15 is 0 Å². The SMILES string of the molecule is CC/C(=C(\c1ccccc1)c1ccc(ON(C)C)cc1)c1ccccc1. The van der Waals surface area contributed by atoms with Crippen LogP contribution in [0.1, 0.15) is 30.0 Å². The second kappa shape index (κ2) is 8.50. The molecule has 2 heteroatoms. The van der Waals surface area contributed by atoms with Crippen LogP contribution in [0.15, 0.2) is 84.9 Å². The highest BCUT2D eigenvalue weighted by Gasteiger charge is 2.13. The van der Waals surface area contributed by atoms with Gasteiger partial charge in [-0.1, -0.05) is 79.7 Å². The molecule has 0 aliphatic carbocycles. The number of rotatable bonds is 6. The fourth-order valence-electron chi connectivity index (χ4n) is 3.18. The van der Waals surface area contributed by atoms with Crippen molar-refractivity contribution in [1.29, 1.82) is 0 Å². The lowest BCUT2D eigenvalue weighted by atomic mass is 9.88. The smallest absolute Gasteiger partial charge is 0.147 e. The molecule has 0 atom stereocenters. The van der Waals surface area contributed by atoms with E-state index in [-0.39, 0.29) is 0 Å². The highest BCUT2D eigenvalue weighted by atomic mass is 16.7. The van der Waals surface area contributed by atoms with Crippen molar-refractivity contribution >= 4 is 11.1 Å². The zero-order chi connectivity index (χ0) is 18.4. The summed E-state index contributed by atoms with van der Waals surface area (Å²) in [6.45, 7) is 2.22. The lowest BCUT2D eigenvalue weighted by Gasteiger charge is -2.17. The molecule has 2 nitrogen and oxygen atoms in total. The zero-order valence-electron chi connectivity index (χ0n) is 15.6. The second-order valence-corrected chi connectivity index (χ2v) is 6.37. The number of benzene rings is 3. The molecule has 0 aliphatic heterocycles. The van der Waals surface area contributed by atoms with Gasteiger partial charge in [0.25, 0.3) is 0 Å². The first-order chi connectivity index (χ1) is 12.7. The maximum atomic E-state index is 5.64. The van der Waals surface area contributed by atoms with Crippen molar-refractivity contribution in [2.45, 2.75) is 13.3 Å². The van der Waals surface area contributed by atoms with E-state index in [4.69, 9.17) is 4.84 Å². The van der Waals surface area contributed by atoms with Crippen LogP contribution < -0.4 is 4.84 Å². The Morgan fingerprint density at radius 1 is 0.692 bits per heavy atom. The predicted molar refractivity (Wildman–Crippen MR) is 110 cm³/mol. The van der Waals surface area contributed by atoms with Gasteiger partial charge in [-0.3, -0.25) is 0 Å². The van der Waals surface area contributed by atoms with Crippen LogP contribution in [0.3, 0.4) is 0 Å². The molecule has 0 fully saturated rings. The minimum atomic E-state index is 0.837. The summed E-state index contributed by atoms with van der Waals surface area (Å²) in [5, 5.41) is 1.70. The normalized spacial score (nSPS) is 12.0. The molecular formula is C24H25NO. The largest absolute Gasteiger partial charge is 0.407 e. The molecule has 3 rings (SSSR count). The highest BCUT2D eigenvalue weighted by molar-refractivity contribution is 5.98. The van der Waals surface area contributed by atoms with Crippen LogP contribution in [-0.2, 0) is 0 Å². The molecule has 0 N–H and O–H groups in total. The van der Waals surface area contributed by atoms with Gasteiger partial charge in [-0.15, -0.1) is 0 Å². The number of hydrogen-bond acceptors (Lipinski definition) is 2. The first-order valence-corrected chi connectivity index (χ1v) is 8.98. The van der Waals surface area contributed by atoms with Crippen LogP contribution in [0.5, 0.6) is 5.75 Å². The average Bonchev–Trinajstić information content (AvgIpc) is 2.68. The van der Waals surface area contributed by atoms with Crippen molar-refractivity contribution in [3.63, 3.8) is 0 Å². The summed E-state index contributed by atoms with van der Waals surface area (Å²) in [7, 11) is 3.77. The minimum absolute atomic E-state index is 0.837. The molecule has 3 aromatic carbocycles. The molecule has 132 valence electrons. The lowest BCUT2D eigenvalue weighted by Crippen LogP contribution is -2.15. The van der Waals surface area contributed by atoms with E-state index in [1.807, 2.05) is 26.2 Å². The predicted octanol–water partition coefficient (Wildman–Crippen LogP) is 5.91. The number of allylic oxidation sites excluding steroid dienone is 1. The Bertz CT molecular complexity index is 850. The van der Waals surface area contributed by atoms with Gasteiger partial charge in [0.2, 0.25) is 0 Å². The van der Waals surface area contributed by atoms with Gasteiger partial charge < -0.3 is 4.84 Å². The van der Waals surface area contributed by atoms with Crippen molar-refractivity contribution in [1.82, 2.24) is 5.06 Å². The van der Waals surface area contributed by atoms with Crippen molar-refractivity contribution in [2.24, 2.45) is 0 Å². The highest BCUT2D eigenvalue weighted by Crippen LogP contribution is 2.34. The molecule has 3 aromatic rings. The Labute approximate surface area is 156 Å². The molecule has 0 unspecified atom stereocenters. The fraction of sp³-hybridized carbons (Fsp3) is 0.167. The third kappa shape index (κ3) is 4.22. The lowest BCUT2D eigenvalue weighted by molar-refractivity contribution is -0.00325. The molecule has 0 aliphatic rings. The van der Waals surface area contributed by atoms with E-state index in [0.29, 0.717) is 0 Å². The van der Waals surface area contributed by atoms with E-state index in [1.165, 1.54) is 27.8 Å². The quantitative estimate of drug-likeness (QED) is 0.407. The third-order valence-corrected chi connectivity index (χ3v) is 4.27. The molecule has 0 radical (unpaired) electrons. The maximum absolute atomic E-state index is 5.64. The van der Waals surface area contributed by atoms with Gasteiger partial charge in [-0.25, -0.2) is 0 Å². The Hall–Kier alpha value is -2.84. The minimum Gasteiger partial charge on any atom is -0.407 e. The molecule has 0 amide bonds. The van der Waals surface area contributed by atoms with Crippen molar-refractivity contribution in [2.75, 3.05) is 14.1 Å². The molecule has 0 aromatic heterocycles. The second-order valence-electron chi connectivity index (χ2n) is 6.37. The summed E-state index contributed by atoms with van der Waals surface area (Å²) in [4.78, 5) is 5.64. The van der Waals surface area contributed by atoms with Gasteiger partial charge in [-0.05, 0) is 46.4 Å². The number of hydroxylamine groups is 2. The van der Waals surface area contributed by atoms with Crippen LogP contribution in [0.25, 0.3) is 11.1 Å². The summed E-state index contributed by atoms with van der Waals surface area (Å²) in [5.41, 5.74) is 6.31. The van der Waals surface area contributed by atoms with Gasteiger partial charge in [0.05, 0.1) is 0 Å². The molecule has 26 heavy (non-hydrogen) atoms. The average molecular weight is 343 g/mol. The van der Waals surface area contributed by atoms with Gasteiger partial charge in [0, 0.05) is 14.1 Å². The van der Waals surface area contributed by atoms with E-state index in [1.54, 1.807) is 5.06 Å². The monoisotopic (exact) mass is 343 g/mol. The van der Waals surface area contributed by atoms with Gasteiger partial charge >= 0.3 is 0 Å². The molecule has 0 spiro atoms. The van der Waals surface area contributed by atoms with Crippen LogP contribution in [0.2, 0.25) is 0 Å². The topological polar surface area (TPSA) is 12.5 Å². The van der Waals surface area contributed by atoms with Crippen molar-refractivity contribution < 1.29 is 4.84 Å². The molecule has 0 saturated heterocycles. The van der Waals surface area contributed by atoms with Gasteiger partial charge in [-0.2, -0.15) is 5.06 Å². The van der Waals surface area contributed by atoms with E-state index < -0.39 is 0 Å². The summed E-state index contributed by atoms with van der Waals surface area (Å²) < 4.78 is 0. The zero-order valence-corrected chi connectivity index (χ0v) is 15.6. The maximum Gasteiger partial charge on any atom is 0.147 e. The third-order valence-electron chi connectivity index (χ3n) is 4.27. The molecular weight excluding hydrogens is 318 g/mol. The summed E-state index contributed by atoms with van der Waals surface area (Å²) in [6, 6.07) is 29.6. The standard InChI is InChI=1S/C24H25NO/c1-4-23(19-11-7-5-8-12-19)24(20-13-9-6-10-14-20)21-15-17-22(18-16-21)26-25(2)3/h5-18H,4H2,1-3H3/b24-23-. The number of nitrogens with zero attached hydrogens (tertiary/aromatic N) is 1. The van der Waals surface area contributed by atoms with Gasteiger partial charge in [0.1, 0.15) is 5.75 Å². The van der Waals surface area contributed by atoms with Crippen LogP contribution >= 0.6 is 0 Å². The van der Waals surface area contributed by atoms with Crippen LogP contribution in [0, 0.1) is 0 Å². The Morgan fingerprint density at radius 3 is 1.69 bits per heavy atom. The van der Waals surface area contributed by atoms with E-state index in [9.17, 15) is 0 Å². The molecule has 0 saturated carbocycles. The summed E-state index contributed by atoms with van der Waals surface area (Å²) in [6.07, 6.45) is 0.962. The Morgan fingerprint density at radius 2 is 1.19 bits per heavy atom. The Kier molecular flexibility index (Phi) is 5.88. The first-order valence-electron chi connectivity index (χ1n) is 8.98. The molecule has 0 heterocycles. The number of hydrogen-bond donors (Lipinski definition) is 0. The van der Waals surface area contributed by atoms with Crippen LogP contribution in [-0.4, -0.2) is 19.2 Å². The Balaban J connectivity index is 2.14. The van der Waals surface area contributed by atoms with E-state index in [0.717, 1.165) is 12.2 Å². The first kappa shape index (κ1) is 18.0. The molecule has 0 bridgehead atoms. The summed E-state index contributed by atoms with van der Waals surface area (Å²) >= 11 is 0. The van der Waals surface area contributed by atoms with Crippen molar-refractivity contribution in [3.05, 3.63) is 102 Å². The van der Waals surface area contributed by atoms with Crippen LogP contribution in [0.4, 0.5) is 0 Å². The van der Waals surface area contributed by atoms with Gasteiger partial charge in [0.15, 0.2) is 0 Å². The fourth-order valence-corrected chi connectivity index (χ4v) is 3.18.